The third-order valence-electron chi connectivity index (χ3n) is 5.28. The Morgan fingerprint density at radius 2 is 1.85 bits per heavy atom. The van der Waals surface area contributed by atoms with E-state index in [2.05, 4.69) is 0 Å². The van der Waals surface area contributed by atoms with E-state index < -0.39 is 23.6 Å². The summed E-state index contributed by atoms with van der Waals surface area (Å²) in [5.74, 6) is -3.13. The van der Waals surface area contributed by atoms with Crippen LogP contribution >= 0.6 is 0 Å². The first-order chi connectivity index (χ1) is 12.5. The first-order valence-corrected chi connectivity index (χ1v) is 9.12. The van der Waals surface area contributed by atoms with E-state index in [0.29, 0.717) is 18.5 Å². The molecule has 0 aliphatic carbocycles. The zero-order chi connectivity index (χ0) is 20.0. The van der Waals surface area contributed by atoms with Crippen LogP contribution in [0.4, 0.5) is 22.0 Å². The number of nitrogens with zero attached hydrogens (tertiary/aromatic N) is 2. The standard InChI is InChI=1S/C19H23F5N2O/c1-12(2)26-11-15-14(17(26)27)8-13(9-16(15)19(22,23)24)10-25-6-3-4-18(20,21)5-7-25/h8-9,12H,3-7,10-11H2,1-2H3. The minimum absolute atomic E-state index is 0.00681. The van der Waals surface area contributed by atoms with Crippen LogP contribution in [0.25, 0.3) is 0 Å². The average molecular weight is 390 g/mol. The number of benzene rings is 1. The van der Waals surface area contributed by atoms with Gasteiger partial charge in [-0.05, 0) is 50.1 Å². The number of alkyl halides is 5. The van der Waals surface area contributed by atoms with Crippen LogP contribution in [0.15, 0.2) is 12.1 Å². The summed E-state index contributed by atoms with van der Waals surface area (Å²) in [5.41, 5.74) is -0.377. The largest absolute Gasteiger partial charge is 0.416 e. The SMILES string of the molecule is CC(C)N1Cc2c(cc(CN3CCCC(F)(F)CC3)cc2C(F)(F)F)C1=O. The van der Waals surface area contributed by atoms with Crippen molar-refractivity contribution in [3.8, 4) is 0 Å². The molecule has 0 unspecified atom stereocenters. The maximum atomic E-state index is 13.6. The van der Waals surface area contributed by atoms with Crippen LogP contribution in [0.3, 0.4) is 0 Å². The van der Waals surface area contributed by atoms with E-state index >= 15 is 0 Å². The number of fused-ring (bicyclic) bond motifs is 1. The Morgan fingerprint density at radius 3 is 2.48 bits per heavy atom. The molecule has 3 rings (SSSR count). The molecule has 0 radical (unpaired) electrons. The van der Waals surface area contributed by atoms with Gasteiger partial charge in [-0.2, -0.15) is 13.2 Å². The molecule has 0 spiro atoms. The van der Waals surface area contributed by atoms with Crippen molar-refractivity contribution in [2.45, 2.75) is 64.3 Å². The van der Waals surface area contributed by atoms with Gasteiger partial charge in [0.25, 0.3) is 5.91 Å². The lowest BCUT2D eigenvalue weighted by molar-refractivity contribution is -0.138. The third kappa shape index (κ3) is 4.25. The number of carbonyl (C=O) groups excluding carboxylic acids is 1. The predicted octanol–water partition coefficient (Wildman–Crippen LogP) is 4.69. The van der Waals surface area contributed by atoms with Crippen molar-refractivity contribution in [2.24, 2.45) is 0 Å². The molecule has 0 saturated carbocycles. The van der Waals surface area contributed by atoms with Gasteiger partial charge in [-0.3, -0.25) is 9.69 Å². The van der Waals surface area contributed by atoms with Gasteiger partial charge in [0.1, 0.15) is 0 Å². The van der Waals surface area contributed by atoms with Crippen molar-refractivity contribution in [1.82, 2.24) is 9.80 Å². The topological polar surface area (TPSA) is 23.6 Å². The highest BCUT2D eigenvalue weighted by Gasteiger charge is 2.41. The molecule has 1 fully saturated rings. The summed E-state index contributed by atoms with van der Waals surface area (Å²) in [6, 6.07) is 2.36. The molecule has 0 N–H and O–H groups in total. The second-order valence-corrected chi connectivity index (χ2v) is 7.68. The fraction of sp³-hybridized carbons (Fsp3) is 0.632. The average Bonchev–Trinajstić information content (AvgIpc) is 2.78. The first-order valence-electron chi connectivity index (χ1n) is 9.12. The van der Waals surface area contributed by atoms with E-state index in [1.165, 1.54) is 11.0 Å². The van der Waals surface area contributed by atoms with Crippen molar-refractivity contribution in [2.75, 3.05) is 13.1 Å². The normalized spacial score (nSPS) is 20.9. The Bertz CT molecular complexity index is 730. The summed E-state index contributed by atoms with van der Waals surface area (Å²) in [6.07, 6.45) is -4.78. The quantitative estimate of drug-likeness (QED) is 0.699. The van der Waals surface area contributed by atoms with E-state index in [-0.39, 0.29) is 49.6 Å². The minimum Gasteiger partial charge on any atom is -0.332 e. The second kappa shape index (κ2) is 7.04. The van der Waals surface area contributed by atoms with Gasteiger partial charge in [-0.25, -0.2) is 8.78 Å². The van der Waals surface area contributed by atoms with Crippen LogP contribution in [0.1, 0.15) is 60.2 Å². The Morgan fingerprint density at radius 1 is 1.15 bits per heavy atom. The molecule has 3 nitrogen and oxygen atoms in total. The van der Waals surface area contributed by atoms with Gasteiger partial charge in [-0.15, -0.1) is 0 Å². The number of hydrogen-bond acceptors (Lipinski definition) is 2. The Balaban J connectivity index is 1.91. The molecule has 2 heterocycles. The summed E-state index contributed by atoms with van der Waals surface area (Å²) in [7, 11) is 0. The van der Waals surface area contributed by atoms with Crippen molar-refractivity contribution in [3.63, 3.8) is 0 Å². The number of halogens is 5. The lowest BCUT2D eigenvalue weighted by Crippen LogP contribution is -2.30. The zero-order valence-corrected chi connectivity index (χ0v) is 15.4. The highest BCUT2D eigenvalue weighted by atomic mass is 19.4. The molecule has 27 heavy (non-hydrogen) atoms. The van der Waals surface area contributed by atoms with Crippen molar-refractivity contribution in [1.29, 1.82) is 0 Å². The lowest BCUT2D eigenvalue weighted by atomic mass is 9.98. The fourth-order valence-electron chi connectivity index (χ4n) is 3.79. The second-order valence-electron chi connectivity index (χ2n) is 7.68. The maximum Gasteiger partial charge on any atom is 0.416 e. The third-order valence-corrected chi connectivity index (χ3v) is 5.28. The number of carbonyl (C=O) groups is 1. The molecule has 1 saturated heterocycles. The van der Waals surface area contributed by atoms with E-state index in [4.69, 9.17) is 0 Å². The highest BCUT2D eigenvalue weighted by Crippen LogP contribution is 2.39. The minimum atomic E-state index is -4.57. The van der Waals surface area contributed by atoms with Crippen LogP contribution in [-0.2, 0) is 19.3 Å². The highest BCUT2D eigenvalue weighted by molar-refractivity contribution is 5.99. The molecular weight excluding hydrogens is 367 g/mol. The molecular formula is C19H23F5N2O. The molecule has 1 amide bonds. The molecule has 0 bridgehead atoms. The Labute approximate surface area is 155 Å². The summed E-state index contributed by atoms with van der Waals surface area (Å²) < 4.78 is 67.8. The number of likely N-dealkylation sites (tertiary alicyclic amines) is 1. The van der Waals surface area contributed by atoms with Crippen LogP contribution in [0.5, 0.6) is 0 Å². The van der Waals surface area contributed by atoms with Crippen LogP contribution < -0.4 is 0 Å². The first kappa shape index (κ1) is 20.0. The molecule has 8 heteroatoms. The fourth-order valence-corrected chi connectivity index (χ4v) is 3.79. The van der Waals surface area contributed by atoms with Crippen molar-refractivity contribution in [3.05, 3.63) is 34.4 Å². The van der Waals surface area contributed by atoms with Crippen LogP contribution in [0, 0.1) is 0 Å². The predicted molar refractivity (Wildman–Crippen MR) is 90.5 cm³/mol. The van der Waals surface area contributed by atoms with E-state index in [1.54, 1.807) is 18.7 Å². The van der Waals surface area contributed by atoms with Gasteiger partial charge in [0.15, 0.2) is 0 Å². The number of rotatable bonds is 3. The molecule has 2 aliphatic heterocycles. The monoisotopic (exact) mass is 390 g/mol. The summed E-state index contributed by atoms with van der Waals surface area (Å²) in [4.78, 5) is 15.7. The van der Waals surface area contributed by atoms with Crippen LogP contribution in [-0.4, -0.2) is 40.8 Å². The van der Waals surface area contributed by atoms with Gasteiger partial charge in [0.05, 0.1) is 5.56 Å². The summed E-state index contributed by atoms with van der Waals surface area (Å²) >= 11 is 0. The van der Waals surface area contributed by atoms with Crippen molar-refractivity contribution < 1.29 is 26.7 Å². The smallest absolute Gasteiger partial charge is 0.332 e. The van der Waals surface area contributed by atoms with E-state index in [0.717, 1.165) is 6.07 Å². The Hall–Kier alpha value is -1.70. The molecule has 1 aromatic carbocycles. The Kier molecular flexibility index (Phi) is 5.22. The lowest BCUT2D eigenvalue weighted by Gasteiger charge is -2.21. The van der Waals surface area contributed by atoms with E-state index in [9.17, 15) is 26.7 Å². The molecule has 0 aromatic heterocycles. The number of amides is 1. The zero-order valence-electron chi connectivity index (χ0n) is 15.4. The summed E-state index contributed by atoms with van der Waals surface area (Å²) in [5, 5.41) is 0. The van der Waals surface area contributed by atoms with E-state index in [1.807, 2.05) is 0 Å². The molecule has 2 aliphatic rings. The van der Waals surface area contributed by atoms with Gasteiger partial charge < -0.3 is 4.90 Å². The number of hydrogen-bond donors (Lipinski definition) is 0. The van der Waals surface area contributed by atoms with Gasteiger partial charge in [-0.1, -0.05) is 0 Å². The maximum absolute atomic E-state index is 13.6. The van der Waals surface area contributed by atoms with Crippen LogP contribution in [0.2, 0.25) is 0 Å². The van der Waals surface area contributed by atoms with Gasteiger partial charge in [0.2, 0.25) is 5.92 Å². The molecule has 150 valence electrons. The van der Waals surface area contributed by atoms with Crippen molar-refractivity contribution >= 4 is 5.91 Å². The van der Waals surface area contributed by atoms with Gasteiger partial charge >= 0.3 is 6.18 Å². The molecule has 1 aromatic rings. The summed E-state index contributed by atoms with van der Waals surface area (Å²) in [6.45, 7) is 4.11. The van der Waals surface area contributed by atoms with Gasteiger partial charge in [0, 0.05) is 44.1 Å². The molecule has 0 atom stereocenters.